The van der Waals surface area contributed by atoms with Crippen molar-refractivity contribution in [2.45, 2.75) is 6.54 Å². The van der Waals surface area contributed by atoms with Crippen LogP contribution in [0.3, 0.4) is 0 Å². The Bertz CT molecular complexity index is 602. The summed E-state index contributed by atoms with van der Waals surface area (Å²) in [7, 11) is 1.67. The standard InChI is InChI=1S/C14H13ClFNO2S/c1-17(8-10-6-7-13(15)20-10)14(18)9-19-12-5-3-2-4-11(12)16/h2-7H,8-9H2,1H3. The molecule has 2 aromatic rings. The van der Waals surface area contributed by atoms with Crippen LogP contribution in [-0.4, -0.2) is 24.5 Å². The number of carbonyl (C=O) groups is 1. The Hall–Kier alpha value is -1.59. The smallest absolute Gasteiger partial charge is 0.260 e. The maximum atomic E-state index is 13.3. The fourth-order valence-corrected chi connectivity index (χ4v) is 2.71. The van der Waals surface area contributed by atoms with Crippen LogP contribution in [0, 0.1) is 5.82 Å². The van der Waals surface area contributed by atoms with E-state index in [0.717, 1.165) is 4.88 Å². The van der Waals surface area contributed by atoms with Crippen molar-refractivity contribution in [3.8, 4) is 5.75 Å². The maximum Gasteiger partial charge on any atom is 0.260 e. The summed E-state index contributed by atoms with van der Waals surface area (Å²) in [5, 5.41) is 0. The number of ether oxygens (including phenoxy) is 1. The van der Waals surface area contributed by atoms with Crippen molar-refractivity contribution >= 4 is 28.8 Å². The number of amides is 1. The summed E-state index contributed by atoms with van der Waals surface area (Å²) in [6, 6.07) is 9.65. The van der Waals surface area contributed by atoms with E-state index in [-0.39, 0.29) is 18.3 Å². The van der Waals surface area contributed by atoms with Gasteiger partial charge >= 0.3 is 0 Å². The molecule has 1 aromatic heterocycles. The molecule has 0 saturated carbocycles. The Morgan fingerprint density at radius 3 is 2.75 bits per heavy atom. The summed E-state index contributed by atoms with van der Waals surface area (Å²) in [5.74, 6) is -0.626. The molecule has 20 heavy (non-hydrogen) atoms. The van der Waals surface area contributed by atoms with E-state index in [2.05, 4.69) is 0 Å². The van der Waals surface area contributed by atoms with E-state index in [1.54, 1.807) is 25.2 Å². The van der Waals surface area contributed by atoms with Gasteiger partial charge in [0.2, 0.25) is 0 Å². The highest BCUT2D eigenvalue weighted by molar-refractivity contribution is 7.16. The molecular weight excluding hydrogens is 301 g/mol. The van der Waals surface area contributed by atoms with Gasteiger partial charge in [-0.15, -0.1) is 11.3 Å². The molecule has 0 aliphatic rings. The Kier molecular flexibility index (Phi) is 4.98. The average Bonchev–Trinajstić information content (AvgIpc) is 2.82. The van der Waals surface area contributed by atoms with Crippen LogP contribution in [0.25, 0.3) is 0 Å². The second-order valence-corrected chi connectivity index (χ2v) is 5.97. The number of benzene rings is 1. The van der Waals surface area contributed by atoms with Gasteiger partial charge in [-0.1, -0.05) is 23.7 Å². The Morgan fingerprint density at radius 2 is 2.10 bits per heavy atom. The molecule has 2 rings (SSSR count). The van der Waals surface area contributed by atoms with Crippen molar-refractivity contribution in [3.05, 3.63) is 51.4 Å². The summed E-state index contributed by atoms with van der Waals surface area (Å²) in [4.78, 5) is 14.4. The first-order chi connectivity index (χ1) is 9.56. The highest BCUT2D eigenvalue weighted by atomic mass is 35.5. The second kappa shape index (κ2) is 6.72. The summed E-state index contributed by atoms with van der Waals surface area (Å²) in [6.07, 6.45) is 0. The zero-order valence-electron chi connectivity index (χ0n) is 10.8. The molecule has 0 aliphatic carbocycles. The number of carbonyl (C=O) groups excluding carboxylic acids is 1. The number of hydrogen-bond acceptors (Lipinski definition) is 3. The third-order valence-corrected chi connectivity index (χ3v) is 3.85. The minimum atomic E-state index is -0.479. The number of nitrogens with zero attached hydrogens (tertiary/aromatic N) is 1. The summed E-state index contributed by atoms with van der Waals surface area (Å²) in [6.45, 7) is 0.257. The highest BCUT2D eigenvalue weighted by Crippen LogP contribution is 2.22. The molecule has 0 radical (unpaired) electrons. The number of hydrogen-bond donors (Lipinski definition) is 0. The maximum absolute atomic E-state index is 13.3. The lowest BCUT2D eigenvalue weighted by atomic mass is 10.3. The first-order valence-electron chi connectivity index (χ1n) is 5.92. The average molecular weight is 314 g/mol. The summed E-state index contributed by atoms with van der Waals surface area (Å²) >= 11 is 7.25. The number of para-hydroxylation sites is 1. The largest absolute Gasteiger partial charge is 0.481 e. The van der Waals surface area contributed by atoms with Crippen LogP contribution in [0.4, 0.5) is 4.39 Å². The van der Waals surface area contributed by atoms with E-state index in [0.29, 0.717) is 10.9 Å². The van der Waals surface area contributed by atoms with Crippen molar-refractivity contribution in [3.63, 3.8) is 0 Å². The lowest BCUT2D eigenvalue weighted by Gasteiger charge is -2.16. The molecule has 0 atom stereocenters. The minimum absolute atomic E-state index is 0.0772. The summed E-state index contributed by atoms with van der Waals surface area (Å²) in [5.41, 5.74) is 0. The Labute approximate surface area is 125 Å². The van der Waals surface area contributed by atoms with Gasteiger partial charge in [-0.25, -0.2) is 4.39 Å². The van der Waals surface area contributed by atoms with E-state index >= 15 is 0 Å². The van der Waals surface area contributed by atoms with Crippen molar-refractivity contribution in [2.75, 3.05) is 13.7 Å². The van der Waals surface area contributed by atoms with Crippen molar-refractivity contribution in [1.82, 2.24) is 4.90 Å². The summed E-state index contributed by atoms with van der Waals surface area (Å²) < 4.78 is 19.2. The number of thiophene rings is 1. The van der Waals surface area contributed by atoms with E-state index in [9.17, 15) is 9.18 Å². The van der Waals surface area contributed by atoms with E-state index in [1.807, 2.05) is 6.07 Å². The molecule has 0 saturated heterocycles. The van der Waals surface area contributed by atoms with Gasteiger partial charge in [0, 0.05) is 11.9 Å². The van der Waals surface area contributed by atoms with Crippen LogP contribution < -0.4 is 4.74 Å². The quantitative estimate of drug-likeness (QED) is 0.844. The van der Waals surface area contributed by atoms with Gasteiger partial charge in [0.05, 0.1) is 10.9 Å². The van der Waals surface area contributed by atoms with Crippen molar-refractivity contribution in [2.24, 2.45) is 0 Å². The van der Waals surface area contributed by atoms with Crippen molar-refractivity contribution in [1.29, 1.82) is 0 Å². The zero-order valence-corrected chi connectivity index (χ0v) is 12.4. The second-order valence-electron chi connectivity index (χ2n) is 4.17. The van der Waals surface area contributed by atoms with E-state index in [4.69, 9.17) is 16.3 Å². The van der Waals surface area contributed by atoms with Crippen LogP contribution in [0.5, 0.6) is 5.75 Å². The van der Waals surface area contributed by atoms with Crippen LogP contribution in [0.2, 0.25) is 4.34 Å². The molecule has 1 amide bonds. The van der Waals surface area contributed by atoms with Crippen LogP contribution in [0.1, 0.15) is 4.88 Å². The Balaban J connectivity index is 1.87. The first kappa shape index (κ1) is 14.8. The van der Waals surface area contributed by atoms with Crippen LogP contribution in [0.15, 0.2) is 36.4 Å². The molecule has 0 fully saturated rings. The molecule has 0 N–H and O–H groups in total. The van der Waals surface area contributed by atoms with Gasteiger partial charge in [-0.3, -0.25) is 4.79 Å². The monoisotopic (exact) mass is 313 g/mol. The van der Waals surface area contributed by atoms with Crippen molar-refractivity contribution < 1.29 is 13.9 Å². The fourth-order valence-electron chi connectivity index (χ4n) is 1.57. The van der Waals surface area contributed by atoms with Gasteiger partial charge in [0.15, 0.2) is 18.2 Å². The highest BCUT2D eigenvalue weighted by Gasteiger charge is 2.12. The first-order valence-corrected chi connectivity index (χ1v) is 7.11. The molecule has 0 unspecified atom stereocenters. The molecule has 0 bridgehead atoms. The number of likely N-dealkylation sites (N-methyl/N-ethyl adjacent to an activating group) is 1. The normalized spacial score (nSPS) is 10.3. The molecule has 106 valence electrons. The molecule has 1 heterocycles. The molecule has 1 aromatic carbocycles. The molecule has 3 nitrogen and oxygen atoms in total. The van der Waals surface area contributed by atoms with Gasteiger partial charge < -0.3 is 9.64 Å². The molecule has 0 aliphatic heterocycles. The SMILES string of the molecule is CN(Cc1ccc(Cl)s1)C(=O)COc1ccccc1F. The third kappa shape index (κ3) is 3.95. The zero-order chi connectivity index (χ0) is 14.5. The topological polar surface area (TPSA) is 29.5 Å². The van der Waals surface area contributed by atoms with E-state index in [1.165, 1.54) is 28.4 Å². The van der Waals surface area contributed by atoms with Gasteiger partial charge in [0.1, 0.15) is 0 Å². The van der Waals surface area contributed by atoms with Gasteiger partial charge in [0.25, 0.3) is 5.91 Å². The van der Waals surface area contributed by atoms with Gasteiger partial charge in [-0.2, -0.15) is 0 Å². The number of rotatable bonds is 5. The lowest BCUT2D eigenvalue weighted by molar-refractivity contribution is -0.132. The third-order valence-electron chi connectivity index (χ3n) is 2.64. The molecular formula is C14H13ClFNO2S. The van der Waals surface area contributed by atoms with Crippen LogP contribution in [-0.2, 0) is 11.3 Å². The minimum Gasteiger partial charge on any atom is -0.481 e. The number of halogens is 2. The van der Waals surface area contributed by atoms with E-state index < -0.39 is 5.82 Å². The molecule has 0 spiro atoms. The predicted octanol–water partition coefficient (Wildman–Crippen LogP) is 3.58. The Morgan fingerprint density at radius 1 is 1.35 bits per heavy atom. The lowest BCUT2D eigenvalue weighted by Crippen LogP contribution is -2.30. The molecule has 6 heteroatoms. The van der Waals surface area contributed by atoms with Crippen LogP contribution >= 0.6 is 22.9 Å². The fraction of sp³-hybridized carbons (Fsp3) is 0.214. The predicted molar refractivity (Wildman–Crippen MR) is 77.7 cm³/mol. The van der Waals surface area contributed by atoms with Gasteiger partial charge in [-0.05, 0) is 24.3 Å².